The standard InChI is InChI=1S/C16H14F3N/c17-16(18,19)14-7-3-2-6-13(14)12-9-11-5-1-4-8-15(11)20-10-12/h1-8,12,20H,9-10H2. The molecular formula is C16H14F3N. The molecule has 0 spiro atoms. The van der Waals surface area contributed by atoms with E-state index in [1.165, 1.54) is 6.07 Å². The molecule has 2 aromatic carbocycles. The number of anilines is 1. The van der Waals surface area contributed by atoms with Crippen LogP contribution >= 0.6 is 0 Å². The smallest absolute Gasteiger partial charge is 0.384 e. The van der Waals surface area contributed by atoms with E-state index in [9.17, 15) is 13.2 Å². The van der Waals surface area contributed by atoms with Crippen LogP contribution in [0.2, 0.25) is 0 Å². The number of nitrogens with one attached hydrogen (secondary N) is 1. The fourth-order valence-corrected chi connectivity index (χ4v) is 2.77. The molecule has 104 valence electrons. The van der Waals surface area contributed by atoms with E-state index >= 15 is 0 Å². The van der Waals surface area contributed by atoms with Gasteiger partial charge in [-0.25, -0.2) is 0 Å². The summed E-state index contributed by atoms with van der Waals surface area (Å²) < 4.78 is 39.2. The molecule has 0 fully saturated rings. The monoisotopic (exact) mass is 277 g/mol. The first-order chi connectivity index (χ1) is 9.55. The SMILES string of the molecule is FC(F)(F)c1ccccc1C1CNc2ccccc2C1. The van der Waals surface area contributed by atoms with Crippen LogP contribution in [0.1, 0.15) is 22.6 Å². The first-order valence-electron chi connectivity index (χ1n) is 6.53. The Morgan fingerprint density at radius 2 is 1.65 bits per heavy atom. The van der Waals surface area contributed by atoms with Gasteiger partial charge in [0, 0.05) is 18.2 Å². The largest absolute Gasteiger partial charge is 0.416 e. The third-order valence-corrected chi connectivity index (χ3v) is 3.73. The molecule has 0 saturated heterocycles. The van der Waals surface area contributed by atoms with Crippen molar-refractivity contribution in [2.24, 2.45) is 0 Å². The normalized spacial score (nSPS) is 18.2. The van der Waals surface area contributed by atoms with Gasteiger partial charge in [0.05, 0.1) is 5.56 Å². The second kappa shape index (κ2) is 4.85. The molecule has 3 rings (SSSR count). The van der Waals surface area contributed by atoms with Crippen molar-refractivity contribution in [1.29, 1.82) is 0 Å². The maximum absolute atomic E-state index is 13.1. The summed E-state index contributed by atoms with van der Waals surface area (Å²) in [6.45, 7) is 0.532. The lowest BCUT2D eigenvalue weighted by molar-refractivity contribution is -0.138. The molecule has 1 aliphatic rings. The molecule has 4 heteroatoms. The number of rotatable bonds is 1. The average molecular weight is 277 g/mol. The Bertz CT molecular complexity index is 619. The van der Waals surface area contributed by atoms with Crippen LogP contribution in [0.5, 0.6) is 0 Å². The Kier molecular flexibility index (Phi) is 3.16. The predicted octanol–water partition coefficient (Wildman–Crippen LogP) is 4.46. The van der Waals surface area contributed by atoms with E-state index in [0.717, 1.165) is 17.3 Å². The molecule has 0 radical (unpaired) electrons. The number of halogens is 3. The quantitative estimate of drug-likeness (QED) is 0.811. The number of para-hydroxylation sites is 1. The van der Waals surface area contributed by atoms with E-state index in [-0.39, 0.29) is 5.92 Å². The lowest BCUT2D eigenvalue weighted by Gasteiger charge is -2.28. The van der Waals surface area contributed by atoms with Crippen molar-refractivity contribution in [2.45, 2.75) is 18.5 Å². The Balaban J connectivity index is 1.96. The minimum atomic E-state index is -4.30. The van der Waals surface area contributed by atoms with Gasteiger partial charge in [-0.05, 0) is 29.7 Å². The Morgan fingerprint density at radius 3 is 2.45 bits per heavy atom. The zero-order valence-corrected chi connectivity index (χ0v) is 10.7. The summed E-state index contributed by atoms with van der Waals surface area (Å²) >= 11 is 0. The van der Waals surface area contributed by atoms with Gasteiger partial charge in [-0.1, -0.05) is 36.4 Å². The summed E-state index contributed by atoms with van der Waals surface area (Å²) in [5.74, 6) is -0.150. The highest BCUT2D eigenvalue weighted by atomic mass is 19.4. The fraction of sp³-hybridized carbons (Fsp3) is 0.250. The van der Waals surface area contributed by atoms with Crippen molar-refractivity contribution < 1.29 is 13.2 Å². The molecule has 1 N–H and O–H groups in total. The lowest BCUT2D eigenvalue weighted by Crippen LogP contribution is -2.24. The predicted molar refractivity (Wildman–Crippen MR) is 72.8 cm³/mol. The Labute approximate surface area is 115 Å². The number of benzene rings is 2. The minimum Gasteiger partial charge on any atom is -0.384 e. The van der Waals surface area contributed by atoms with Gasteiger partial charge >= 0.3 is 6.18 Å². The van der Waals surface area contributed by atoms with Crippen LogP contribution < -0.4 is 5.32 Å². The summed E-state index contributed by atoms with van der Waals surface area (Å²) in [5.41, 5.74) is 1.95. The van der Waals surface area contributed by atoms with Gasteiger partial charge in [-0.2, -0.15) is 13.2 Å². The van der Waals surface area contributed by atoms with E-state index < -0.39 is 11.7 Å². The van der Waals surface area contributed by atoms with Gasteiger partial charge in [-0.15, -0.1) is 0 Å². The zero-order valence-electron chi connectivity index (χ0n) is 10.7. The molecule has 0 aromatic heterocycles. The maximum atomic E-state index is 13.1. The summed E-state index contributed by atoms with van der Waals surface area (Å²) in [6.07, 6.45) is -3.66. The first kappa shape index (κ1) is 13.0. The van der Waals surface area contributed by atoms with E-state index in [1.807, 2.05) is 24.3 Å². The van der Waals surface area contributed by atoms with Crippen molar-refractivity contribution in [2.75, 3.05) is 11.9 Å². The fourth-order valence-electron chi connectivity index (χ4n) is 2.77. The van der Waals surface area contributed by atoms with E-state index in [1.54, 1.807) is 12.1 Å². The van der Waals surface area contributed by atoms with Crippen LogP contribution in [0.25, 0.3) is 0 Å². The molecule has 20 heavy (non-hydrogen) atoms. The van der Waals surface area contributed by atoms with E-state index in [4.69, 9.17) is 0 Å². The second-order valence-corrected chi connectivity index (χ2v) is 5.02. The zero-order chi connectivity index (χ0) is 14.2. The molecule has 0 amide bonds. The summed E-state index contributed by atoms with van der Waals surface area (Å²) in [6, 6.07) is 13.6. The van der Waals surface area contributed by atoms with Crippen LogP contribution in [0.3, 0.4) is 0 Å². The Morgan fingerprint density at radius 1 is 0.950 bits per heavy atom. The van der Waals surface area contributed by atoms with E-state index in [0.29, 0.717) is 18.5 Å². The van der Waals surface area contributed by atoms with Gasteiger partial charge in [0.15, 0.2) is 0 Å². The summed E-state index contributed by atoms with van der Waals surface area (Å²) in [4.78, 5) is 0. The van der Waals surface area contributed by atoms with Crippen molar-refractivity contribution in [1.82, 2.24) is 0 Å². The molecule has 1 unspecified atom stereocenters. The van der Waals surface area contributed by atoms with Gasteiger partial charge in [0.2, 0.25) is 0 Å². The Hall–Kier alpha value is -1.97. The van der Waals surface area contributed by atoms with Crippen LogP contribution in [0, 0.1) is 0 Å². The number of fused-ring (bicyclic) bond motifs is 1. The average Bonchev–Trinajstić information content (AvgIpc) is 2.46. The van der Waals surface area contributed by atoms with Gasteiger partial charge < -0.3 is 5.32 Å². The van der Waals surface area contributed by atoms with Crippen molar-refractivity contribution in [3.63, 3.8) is 0 Å². The second-order valence-electron chi connectivity index (χ2n) is 5.02. The third-order valence-electron chi connectivity index (χ3n) is 3.73. The van der Waals surface area contributed by atoms with Crippen LogP contribution in [-0.4, -0.2) is 6.54 Å². The molecule has 1 aliphatic heterocycles. The van der Waals surface area contributed by atoms with Crippen LogP contribution in [-0.2, 0) is 12.6 Å². The summed E-state index contributed by atoms with van der Waals surface area (Å²) in [7, 11) is 0. The molecular weight excluding hydrogens is 263 g/mol. The van der Waals surface area contributed by atoms with Gasteiger partial charge in [-0.3, -0.25) is 0 Å². The van der Waals surface area contributed by atoms with Gasteiger partial charge in [0.25, 0.3) is 0 Å². The highest BCUT2D eigenvalue weighted by Crippen LogP contribution is 2.38. The number of alkyl halides is 3. The van der Waals surface area contributed by atoms with Crippen molar-refractivity contribution >= 4 is 5.69 Å². The topological polar surface area (TPSA) is 12.0 Å². The molecule has 0 bridgehead atoms. The van der Waals surface area contributed by atoms with E-state index in [2.05, 4.69) is 5.32 Å². The number of hydrogen-bond acceptors (Lipinski definition) is 1. The van der Waals surface area contributed by atoms with Crippen molar-refractivity contribution in [3.05, 3.63) is 65.2 Å². The highest BCUT2D eigenvalue weighted by Gasteiger charge is 2.35. The maximum Gasteiger partial charge on any atom is 0.416 e. The highest BCUT2D eigenvalue weighted by molar-refractivity contribution is 5.55. The molecule has 1 nitrogen and oxygen atoms in total. The minimum absolute atomic E-state index is 0.150. The summed E-state index contributed by atoms with van der Waals surface area (Å²) in [5, 5.41) is 3.22. The molecule has 2 aromatic rings. The molecule has 1 atom stereocenters. The first-order valence-corrected chi connectivity index (χ1v) is 6.53. The molecule has 1 heterocycles. The molecule has 0 aliphatic carbocycles. The van der Waals surface area contributed by atoms with Gasteiger partial charge in [0.1, 0.15) is 0 Å². The van der Waals surface area contributed by atoms with Crippen LogP contribution in [0.4, 0.5) is 18.9 Å². The lowest BCUT2D eigenvalue weighted by atomic mass is 9.85. The molecule has 0 saturated carbocycles. The number of hydrogen-bond donors (Lipinski definition) is 1. The van der Waals surface area contributed by atoms with Crippen molar-refractivity contribution in [3.8, 4) is 0 Å². The third kappa shape index (κ3) is 2.38. The van der Waals surface area contributed by atoms with Crippen LogP contribution in [0.15, 0.2) is 48.5 Å².